The van der Waals surface area contributed by atoms with Crippen molar-refractivity contribution in [2.45, 2.75) is 25.5 Å². The molecule has 2 aromatic heterocycles. The Morgan fingerprint density at radius 1 is 1.14 bits per heavy atom. The summed E-state index contributed by atoms with van der Waals surface area (Å²) in [6.45, 7) is 3.68. The van der Waals surface area contributed by atoms with E-state index in [0.717, 1.165) is 31.0 Å². The summed E-state index contributed by atoms with van der Waals surface area (Å²) < 4.78 is 0. The number of piperazine rings is 1. The van der Waals surface area contributed by atoms with Crippen LogP contribution in [0, 0.1) is 0 Å². The van der Waals surface area contributed by atoms with Gasteiger partial charge in [0.15, 0.2) is 6.10 Å². The number of halogens is 1. The Kier molecular flexibility index (Phi) is 9.40. The summed E-state index contributed by atoms with van der Waals surface area (Å²) in [5.41, 5.74) is 1.89. The molecule has 1 aromatic carbocycles. The van der Waals surface area contributed by atoms with Gasteiger partial charge in [0.1, 0.15) is 10.8 Å². The third-order valence-electron chi connectivity index (χ3n) is 5.78. The molecule has 0 radical (unpaired) electrons. The van der Waals surface area contributed by atoms with Crippen molar-refractivity contribution in [3.8, 4) is 0 Å². The van der Waals surface area contributed by atoms with E-state index in [-0.39, 0.29) is 5.91 Å². The number of carbonyl (C=O) groups excluding carboxylic acids is 2. The van der Waals surface area contributed by atoms with Crippen LogP contribution in [0.5, 0.6) is 0 Å². The van der Waals surface area contributed by atoms with Crippen LogP contribution < -0.4 is 5.32 Å². The molecule has 0 spiro atoms. The zero-order valence-corrected chi connectivity index (χ0v) is 20.9. The predicted molar refractivity (Wildman–Crippen MR) is 136 cm³/mol. The fraction of sp³-hybridized carbons (Fsp3) is 0.360. The van der Waals surface area contributed by atoms with Crippen molar-refractivity contribution in [1.29, 1.82) is 0 Å². The number of nitrogens with one attached hydrogen (secondary N) is 2. The third-order valence-corrected chi connectivity index (χ3v) is 5.99. The molecule has 0 bridgehead atoms. The number of H-pyrrole nitrogens is 1. The lowest BCUT2D eigenvalue weighted by molar-refractivity contribution is -0.143. The van der Waals surface area contributed by atoms with E-state index in [2.05, 4.69) is 20.2 Å². The molecule has 0 unspecified atom stereocenters. The fourth-order valence-corrected chi connectivity index (χ4v) is 4.04. The standard InChI is InChI=1S/C23H26ClN5O3.C2H4O2/c1-28-7-9-29(10-8-28)23(32)21(30)17(11-15-5-3-2-4-6-15)27-22(31)18-12-16-13-20(24)25-14-19(16)26-18;1-2(3)4/h2-6,12-14,17,21,26,30H,7-11H2,1H3,(H,27,31);1H3,(H,3,4)/t17-,21+;/m0./s1. The molecule has 0 saturated carbocycles. The summed E-state index contributed by atoms with van der Waals surface area (Å²) in [4.78, 5) is 45.8. The molecule has 2 amide bonds. The number of fused-ring (bicyclic) bond motifs is 1. The summed E-state index contributed by atoms with van der Waals surface area (Å²) in [5.74, 6) is -1.62. The first-order valence-corrected chi connectivity index (χ1v) is 11.9. The lowest BCUT2D eigenvalue weighted by Gasteiger charge is -2.35. The zero-order valence-electron chi connectivity index (χ0n) is 20.1. The average molecular weight is 516 g/mol. The second kappa shape index (κ2) is 12.5. The van der Waals surface area contributed by atoms with Crippen LogP contribution in [0.15, 0.2) is 48.7 Å². The van der Waals surface area contributed by atoms with Gasteiger partial charge in [-0.2, -0.15) is 0 Å². The third kappa shape index (κ3) is 7.51. The Morgan fingerprint density at radius 2 is 1.78 bits per heavy atom. The number of hydrogen-bond donors (Lipinski definition) is 4. The second-order valence-corrected chi connectivity index (χ2v) is 9.03. The maximum Gasteiger partial charge on any atom is 0.300 e. The number of likely N-dealkylation sites (N-methyl/N-ethyl adjacent to an activating group) is 1. The predicted octanol–water partition coefficient (Wildman–Crippen LogP) is 1.78. The van der Waals surface area contributed by atoms with Gasteiger partial charge in [-0.25, -0.2) is 4.98 Å². The van der Waals surface area contributed by atoms with Crippen molar-refractivity contribution in [1.82, 2.24) is 25.1 Å². The van der Waals surface area contributed by atoms with Gasteiger partial charge >= 0.3 is 0 Å². The first kappa shape index (κ1) is 27.1. The number of carbonyl (C=O) groups is 3. The van der Waals surface area contributed by atoms with Crippen LogP contribution >= 0.6 is 11.6 Å². The summed E-state index contributed by atoms with van der Waals surface area (Å²) >= 11 is 5.94. The minimum Gasteiger partial charge on any atom is -0.481 e. The van der Waals surface area contributed by atoms with Gasteiger partial charge in [-0.1, -0.05) is 41.9 Å². The number of aromatic nitrogens is 2. The van der Waals surface area contributed by atoms with Crippen LogP contribution in [0.2, 0.25) is 5.15 Å². The van der Waals surface area contributed by atoms with Crippen LogP contribution in [0.25, 0.3) is 10.9 Å². The first-order valence-electron chi connectivity index (χ1n) is 11.5. The Morgan fingerprint density at radius 3 is 2.42 bits per heavy atom. The van der Waals surface area contributed by atoms with Crippen LogP contribution in [0.1, 0.15) is 23.0 Å². The van der Waals surface area contributed by atoms with Crippen molar-refractivity contribution in [2.75, 3.05) is 33.2 Å². The lowest BCUT2D eigenvalue weighted by Crippen LogP contribution is -2.56. The minimum absolute atomic E-state index is 0.307. The summed E-state index contributed by atoms with van der Waals surface area (Å²) in [7, 11) is 2.00. The number of benzene rings is 1. The minimum atomic E-state index is -1.36. The van der Waals surface area contributed by atoms with Gasteiger partial charge in [-0.3, -0.25) is 14.4 Å². The summed E-state index contributed by atoms with van der Waals surface area (Å²) in [6, 6.07) is 12.0. The molecule has 2 atom stereocenters. The van der Waals surface area contributed by atoms with E-state index in [1.54, 1.807) is 23.2 Å². The van der Waals surface area contributed by atoms with E-state index in [4.69, 9.17) is 21.5 Å². The quantitative estimate of drug-likeness (QED) is 0.367. The highest BCUT2D eigenvalue weighted by Crippen LogP contribution is 2.18. The van der Waals surface area contributed by atoms with Crippen molar-refractivity contribution in [3.63, 3.8) is 0 Å². The molecule has 4 rings (SSSR count). The van der Waals surface area contributed by atoms with Crippen molar-refractivity contribution in [2.24, 2.45) is 0 Å². The monoisotopic (exact) mass is 515 g/mol. The molecule has 1 aliphatic heterocycles. The van der Waals surface area contributed by atoms with Gasteiger partial charge in [0.2, 0.25) is 0 Å². The normalized spacial score (nSPS) is 15.5. The van der Waals surface area contributed by atoms with Crippen LogP contribution in [-0.4, -0.2) is 93.1 Å². The molecule has 4 N–H and O–H groups in total. The van der Waals surface area contributed by atoms with E-state index in [1.165, 1.54) is 0 Å². The highest BCUT2D eigenvalue weighted by Gasteiger charge is 2.33. The molecule has 0 aliphatic carbocycles. The smallest absolute Gasteiger partial charge is 0.300 e. The highest BCUT2D eigenvalue weighted by atomic mass is 35.5. The van der Waals surface area contributed by atoms with Gasteiger partial charge in [-0.15, -0.1) is 0 Å². The van der Waals surface area contributed by atoms with E-state index >= 15 is 0 Å². The maximum absolute atomic E-state index is 13.0. The number of carboxylic acid groups (broad SMARTS) is 1. The SMILES string of the molecule is CC(=O)O.CN1CCN(C(=O)[C@H](O)[C@H](Cc2ccccc2)NC(=O)c2cc3cc(Cl)ncc3[nH]2)CC1. The largest absolute Gasteiger partial charge is 0.481 e. The van der Waals surface area contributed by atoms with E-state index < -0.39 is 24.0 Å². The molecule has 3 aromatic rings. The average Bonchev–Trinajstić information content (AvgIpc) is 3.27. The van der Waals surface area contributed by atoms with Crippen molar-refractivity contribution >= 4 is 40.3 Å². The maximum atomic E-state index is 13.0. The highest BCUT2D eigenvalue weighted by molar-refractivity contribution is 6.30. The van der Waals surface area contributed by atoms with Gasteiger partial charge in [0.25, 0.3) is 17.8 Å². The number of amides is 2. The topological polar surface area (TPSA) is 139 Å². The van der Waals surface area contributed by atoms with Gasteiger partial charge in [0.05, 0.1) is 17.8 Å². The number of aliphatic carboxylic acids is 1. The summed E-state index contributed by atoms with van der Waals surface area (Å²) in [5, 5.41) is 22.3. The molecule has 1 fully saturated rings. The number of carboxylic acids is 1. The van der Waals surface area contributed by atoms with Gasteiger partial charge in [-0.05, 0) is 31.2 Å². The molecule has 36 heavy (non-hydrogen) atoms. The molecular weight excluding hydrogens is 486 g/mol. The Hall–Kier alpha value is -3.47. The second-order valence-electron chi connectivity index (χ2n) is 8.64. The number of nitrogens with zero attached hydrogens (tertiary/aromatic N) is 3. The molecule has 192 valence electrons. The Bertz CT molecular complexity index is 1190. The Balaban J connectivity index is 0.000000840. The van der Waals surface area contributed by atoms with E-state index in [0.29, 0.717) is 35.9 Å². The number of aliphatic hydroxyl groups excluding tert-OH is 1. The molecular formula is C25H30ClN5O5. The molecule has 10 nitrogen and oxygen atoms in total. The number of hydrogen-bond acceptors (Lipinski definition) is 6. The van der Waals surface area contributed by atoms with Crippen molar-refractivity contribution in [3.05, 3.63) is 65.1 Å². The molecule has 3 heterocycles. The number of rotatable bonds is 6. The van der Waals surface area contributed by atoms with Crippen molar-refractivity contribution < 1.29 is 24.6 Å². The van der Waals surface area contributed by atoms with Gasteiger partial charge in [0, 0.05) is 38.5 Å². The molecule has 11 heteroatoms. The van der Waals surface area contributed by atoms with Crippen LogP contribution in [0.3, 0.4) is 0 Å². The van der Waals surface area contributed by atoms with E-state index in [1.807, 2.05) is 37.4 Å². The number of pyridine rings is 1. The molecule has 1 aliphatic rings. The summed E-state index contributed by atoms with van der Waals surface area (Å²) in [6.07, 6.45) is 0.519. The van der Waals surface area contributed by atoms with Crippen LogP contribution in [-0.2, 0) is 16.0 Å². The van der Waals surface area contributed by atoms with Crippen LogP contribution in [0.4, 0.5) is 0 Å². The first-order chi connectivity index (χ1) is 17.1. The fourth-order valence-electron chi connectivity index (χ4n) is 3.87. The number of aliphatic hydroxyl groups is 1. The lowest BCUT2D eigenvalue weighted by atomic mass is 9.99. The molecule has 1 saturated heterocycles. The zero-order chi connectivity index (χ0) is 26.2. The van der Waals surface area contributed by atoms with Gasteiger partial charge < -0.3 is 30.3 Å². The van der Waals surface area contributed by atoms with E-state index in [9.17, 15) is 14.7 Å². The Labute approximate surface area is 213 Å². The number of aromatic amines is 1.